The van der Waals surface area contributed by atoms with Crippen LogP contribution in [0.1, 0.15) is 67.9 Å². The number of hydrogen-bond donors (Lipinski definition) is 0. The SMILES string of the molecule is COC(=O)N1CC[C@H](C)[C@@H](c2cc(C)nc3cc([C@H]4CC[C@H](C(F)(F)F)CC4)nn23)C1. The van der Waals surface area contributed by atoms with E-state index in [9.17, 15) is 18.0 Å². The second kappa shape index (κ2) is 8.31. The molecule has 2 aromatic rings. The summed E-state index contributed by atoms with van der Waals surface area (Å²) in [4.78, 5) is 18.4. The van der Waals surface area contributed by atoms with Crippen LogP contribution < -0.4 is 0 Å². The first-order valence-electron chi connectivity index (χ1n) is 10.9. The van der Waals surface area contributed by atoms with Crippen LogP contribution in [0.4, 0.5) is 18.0 Å². The van der Waals surface area contributed by atoms with E-state index in [-0.39, 0.29) is 30.8 Å². The summed E-state index contributed by atoms with van der Waals surface area (Å²) in [5.41, 5.74) is 3.37. The van der Waals surface area contributed by atoms with E-state index in [1.807, 2.05) is 23.6 Å². The van der Waals surface area contributed by atoms with Gasteiger partial charge in [-0.1, -0.05) is 6.92 Å². The van der Waals surface area contributed by atoms with Crippen molar-refractivity contribution in [3.8, 4) is 0 Å². The minimum Gasteiger partial charge on any atom is -0.453 e. The first kappa shape index (κ1) is 21.9. The van der Waals surface area contributed by atoms with Crippen LogP contribution in [0.25, 0.3) is 5.65 Å². The number of carbonyl (C=O) groups is 1. The number of halogens is 3. The Morgan fingerprint density at radius 2 is 1.87 bits per heavy atom. The molecule has 3 heterocycles. The van der Waals surface area contributed by atoms with Gasteiger partial charge in [-0.05, 0) is 51.0 Å². The molecule has 0 aromatic carbocycles. The molecule has 1 amide bonds. The van der Waals surface area contributed by atoms with Gasteiger partial charge in [-0.25, -0.2) is 14.3 Å². The van der Waals surface area contributed by atoms with Gasteiger partial charge in [-0.2, -0.15) is 18.3 Å². The highest BCUT2D eigenvalue weighted by Crippen LogP contribution is 2.43. The zero-order valence-corrected chi connectivity index (χ0v) is 18.2. The molecule has 2 aliphatic rings. The van der Waals surface area contributed by atoms with Crippen molar-refractivity contribution in [3.63, 3.8) is 0 Å². The van der Waals surface area contributed by atoms with E-state index < -0.39 is 12.1 Å². The van der Waals surface area contributed by atoms with E-state index in [0.29, 0.717) is 37.5 Å². The van der Waals surface area contributed by atoms with Gasteiger partial charge in [0.25, 0.3) is 0 Å². The van der Waals surface area contributed by atoms with E-state index in [1.54, 1.807) is 4.90 Å². The molecule has 0 spiro atoms. The summed E-state index contributed by atoms with van der Waals surface area (Å²) in [6.07, 6.45) is -2.32. The van der Waals surface area contributed by atoms with Crippen LogP contribution in [0.15, 0.2) is 12.1 Å². The Balaban J connectivity index is 1.62. The molecule has 170 valence electrons. The molecule has 1 aliphatic heterocycles. The molecular weight excluding hydrogens is 409 g/mol. The predicted octanol–water partition coefficient (Wildman–Crippen LogP) is 5.07. The number of aromatic nitrogens is 3. The highest BCUT2D eigenvalue weighted by molar-refractivity contribution is 5.67. The third kappa shape index (κ3) is 4.36. The minimum absolute atomic E-state index is 0.0174. The smallest absolute Gasteiger partial charge is 0.409 e. The molecule has 1 aliphatic carbocycles. The lowest BCUT2D eigenvalue weighted by molar-refractivity contribution is -0.182. The summed E-state index contributed by atoms with van der Waals surface area (Å²) >= 11 is 0. The van der Waals surface area contributed by atoms with Crippen molar-refractivity contribution < 1.29 is 22.7 Å². The second-order valence-electron chi connectivity index (χ2n) is 9.04. The monoisotopic (exact) mass is 438 g/mol. The van der Waals surface area contributed by atoms with Crippen molar-refractivity contribution in [2.75, 3.05) is 20.2 Å². The van der Waals surface area contributed by atoms with Gasteiger partial charge in [0.1, 0.15) is 0 Å². The van der Waals surface area contributed by atoms with Gasteiger partial charge < -0.3 is 9.64 Å². The van der Waals surface area contributed by atoms with E-state index in [0.717, 1.165) is 23.5 Å². The van der Waals surface area contributed by atoms with Crippen molar-refractivity contribution in [1.29, 1.82) is 0 Å². The molecule has 4 rings (SSSR count). The summed E-state index contributed by atoms with van der Waals surface area (Å²) in [5.74, 6) is -0.764. The van der Waals surface area contributed by atoms with Crippen LogP contribution in [-0.4, -0.2) is 52.0 Å². The Hall–Kier alpha value is -2.32. The van der Waals surface area contributed by atoms with Crippen LogP contribution in [0.5, 0.6) is 0 Å². The highest BCUT2D eigenvalue weighted by atomic mass is 19.4. The number of likely N-dealkylation sites (tertiary alicyclic amines) is 1. The summed E-state index contributed by atoms with van der Waals surface area (Å²) in [5, 5.41) is 4.80. The first-order valence-corrected chi connectivity index (χ1v) is 10.9. The molecule has 1 saturated heterocycles. The lowest BCUT2D eigenvalue weighted by atomic mass is 9.80. The molecular formula is C22H29F3N4O2. The Morgan fingerprint density at radius 1 is 1.16 bits per heavy atom. The lowest BCUT2D eigenvalue weighted by Crippen LogP contribution is -2.42. The van der Waals surface area contributed by atoms with Gasteiger partial charge >= 0.3 is 12.3 Å². The number of piperidine rings is 1. The fraction of sp³-hybridized carbons (Fsp3) is 0.682. The number of fused-ring (bicyclic) bond motifs is 1. The van der Waals surface area contributed by atoms with E-state index in [2.05, 4.69) is 11.9 Å². The number of alkyl halides is 3. The van der Waals surface area contributed by atoms with Crippen LogP contribution in [0.3, 0.4) is 0 Å². The van der Waals surface area contributed by atoms with Gasteiger partial charge in [0.15, 0.2) is 5.65 Å². The number of aryl methyl sites for hydroxylation is 1. The summed E-state index contributed by atoms with van der Waals surface area (Å²) in [6, 6.07) is 3.92. The van der Waals surface area contributed by atoms with Crippen molar-refractivity contribution in [2.24, 2.45) is 11.8 Å². The number of hydrogen-bond acceptors (Lipinski definition) is 4. The maximum Gasteiger partial charge on any atom is 0.409 e. The molecule has 6 nitrogen and oxygen atoms in total. The van der Waals surface area contributed by atoms with E-state index >= 15 is 0 Å². The quantitative estimate of drug-likeness (QED) is 0.657. The Labute approximate surface area is 179 Å². The number of methoxy groups -OCH3 is 1. The normalized spacial score (nSPS) is 27.5. The second-order valence-corrected chi connectivity index (χ2v) is 9.04. The molecule has 31 heavy (non-hydrogen) atoms. The number of carbonyl (C=O) groups excluding carboxylic acids is 1. The third-order valence-electron chi connectivity index (χ3n) is 6.98. The maximum atomic E-state index is 13.0. The summed E-state index contributed by atoms with van der Waals surface area (Å²) in [6.45, 7) is 5.29. The standard InChI is InChI=1S/C22H29F3N4O2/c1-13-8-9-28(21(30)31-3)12-17(13)19-10-14(2)26-20-11-18(27-29(19)20)15-4-6-16(7-5-15)22(23,24)25/h10-11,13,15-17H,4-9,12H2,1-3H3/t13-,15-,16-,17-/m0/s1. The molecule has 0 bridgehead atoms. The van der Waals surface area contributed by atoms with E-state index in [1.165, 1.54) is 7.11 Å². The zero-order chi connectivity index (χ0) is 22.3. The van der Waals surface area contributed by atoms with Crippen LogP contribution in [-0.2, 0) is 4.74 Å². The van der Waals surface area contributed by atoms with Crippen LogP contribution in [0.2, 0.25) is 0 Å². The molecule has 0 radical (unpaired) electrons. The van der Waals surface area contributed by atoms with Crippen LogP contribution in [0, 0.1) is 18.8 Å². The average molecular weight is 438 g/mol. The van der Waals surface area contributed by atoms with Gasteiger partial charge in [0, 0.05) is 36.7 Å². The summed E-state index contributed by atoms with van der Waals surface area (Å²) < 4.78 is 45.8. The maximum absolute atomic E-state index is 13.0. The Morgan fingerprint density at radius 3 is 2.52 bits per heavy atom. The molecule has 9 heteroatoms. The fourth-order valence-corrected chi connectivity index (χ4v) is 5.08. The number of amides is 1. The van der Waals surface area contributed by atoms with Gasteiger partial charge in [0.05, 0.1) is 24.4 Å². The minimum atomic E-state index is -4.11. The van der Waals surface area contributed by atoms with Gasteiger partial charge in [-0.15, -0.1) is 0 Å². The van der Waals surface area contributed by atoms with Crippen molar-refractivity contribution in [1.82, 2.24) is 19.5 Å². The molecule has 0 N–H and O–H groups in total. The number of rotatable bonds is 2. The van der Waals surface area contributed by atoms with Crippen molar-refractivity contribution >= 4 is 11.7 Å². The molecule has 2 atom stereocenters. The lowest BCUT2D eigenvalue weighted by Gasteiger charge is -2.36. The topological polar surface area (TPSA) is 59.7 Å². The number of nitrogens with zero attached hydrogens (tertiary/aromatic N) is 4. The first-order chi connectivity index (χ1) is 14.7. The van der Waals surface area contributed by atoms with Crippen molar-refractivity contribution in [3.05, 3.63) is 29.2 Å². The predicted molar refractivity (Wildman–Crippen MR) is 109 cm³/mol. The molecule has 2 fully saturated rings. The van der Waals surface area contributed by atoms with Crippen LogP contribution >= 0.6 is 0 Å². The number of ether oxygens (including phenoxy) is 1. The summed E-state index contributed by atoms with van der Waals surface area (Å²) in [7, 11) is 1.39. The largest absolute Gasteiger partial charge is 0.453 e. The van der Waals surface area contributed by atoms with Crippen molar-refractivity contribution in [2.45, 2.75) is 64.0 Å². The fourth-order valence-electron chi connectivity index (χ4n) is 5.08. The average Bonchev–Trinajstić information content (AvgIpc) is 3.16. The highest BCUT2D eigenvalue weighted by Gasteiger charge is 2.42. The Bertz CT molecular complexity index is 950. The molecule has 1 saturated carbocycles. The van der Waals surface area contributed by atoms with Gasteiger partial charge in [0.2, 0.25) is 0 Å². The van der Waals surface area contributed by atoms with Gasteiger partial charge in [-0.3, -0.25) is 0 Å². The molecule has 0 unspecified atom stereocenters. The third-order valence-corrected chi connectivity index (χ3v) is 6.98. The zero-order valence-electron chi connectivity index (χ0n) is 18.2. The Kier molecular flexibility index (Phi) is 5.87. The molecule has 2 aromatic heterocycles. The van der Waals surface area contributed by atoms with E-state index in [4.69, 9.17) is 9.84 Å².